The van der Waals surface area contributed by atoms with E-state index in [0.29, 0.717) is 25.6 Å². The molecule has 4 rings (SSSR count). The fourth-order valence-corrected chi connectivity index (χ4v) is 4.22. The van der Waals surface area contributed by atoms with E-state index in [1.165, 1.54) is 5.56 Å². The molecule has 1 amide bonds. The maximum Gasteiger partial charge on any atom is 0.258 e. The lowest BCUT2D eigenvalue weighted by molar-refractivity contribution is -0.123. The Morgan fingerprint density at radius 1 is 1.23 bits per heavy atom. The van der Waals surface area contributed by atoms with Crippen LogP contribution in [0.15, 0.2) is 36.4 Å². The molecule has 0 atom stereocenters. The first-order chi connectivity index (χ1) is 14.5. The van der Waals surface area contributed by atoms with Gasteiger partial charge < -0.3 is 14.8 Å². The van der Waals surface area contributed by atoms with E-state index in [1.54, 1.807) is 4.68 Å². The van der Waals surface area contributed by atoms with Crippen molar-refractivity contribution < 1.29 is 14.3 Å². The maximum absolute atomic E-state index is 12.6. The van der Waals surface area contributed by atoms with E-state index in [4.69, 9.17) is 9.47 Å². The van der Waals surface area contributed by atoms with Crippen molar-refractivity contribution in [2.75, 3.05) is 26.4 Å². The highest BCUT2D eigenvalue weighted by molar-refractivity contribution is 5.85. The van der Waals surface area contributed by atoms with Crippen LogP contribution in [0.2, 0.25) is 0 Å². The van der Waals surface area contributed by atoms with E-state index in [1.807, 2.05) is 45.2 Å². The van der Waals surface area contributed by atoms with Crippen LogP contribution in [0.1, 0.15) is 29.7 Å². The van der Waals surface area contributed by atoms with Gasteiger partial charge in [-0.2, -0.15) is 0 Å². The summed E-state index contributed by atoms with van der Waals surface area (Å²) in [6.45, 7) is 5.83. The van der Waals surface area contributed by atoms with Crippen LogP contribution in [0.3, 0.4) is 0 Å². The fraction of sp³-hybridized carbons (Fsp3) is 0.435. The summed E-state index contributed by atoms with van der Waals surface area (Å²) in [4.78, 5) is 17.1. The molecular formula is C23H28N4O3. The predicted molar refractivity (Wildman–Crippen MR) is 115 cm³/mol. The first-order valence-corrected chi connectivity index (χ1v) is 10.3. The smallest absolute Gasteiger partial charge is 0.258 e. The molecule has 1 aliphatic rings. The summed E-state index contributed by atoms with van der Waals surface area (Å²) in [6, 6.07) is 12.4. The number of amides is 1. The molecule has 1 saturated heterocycles. The number of nitrogens with one attached hydrogen (secondary N) is 1. The summed E-state index contributed by atoms with van der Waals surface area (Å²) in [7, 11) is 1.83. The van der Waals surface area contributed by atoms with Gasteiger partial charge in [0, 0.05) is 37.9 Å². The van der Waals surface area contributed by atoms with E-state index < -0.39 is 0 Å². The molecule has 3 heterocycles. The Bertz CT molecular complexity index is 1040. The number of carbonyl (C=O) groups excluding carboxylic acids is 1. The van der Waals surface area contributed by atoms with Crippen LogP contribution < -0.4 is 10.1 Å². The van der Waals surface area contributed by atoms with E-state index in [-0.39, 0.29) is 17.9 Å². The summed E-state index contributed by atoms with van der Waals surface area (Å²) in [5.74, 6) is 0.282. The minimum absolute atomic E-state index is 0.0825. The Labute approximate surface area is 176 Å². The monoisotopic (exact) mass is 408 g/mol. The highest BCUT2D eigenvalue weighted by Crippen LogP contribution is 2.34. The topological polar surface area (TPSA) is 78.3 Å². The average Bonchev–Trinajstić information content (AvgIpc) is 3.08. The van der Waals surface area contributed by atoms with Crippen molar-refractivity contribution in [2.45, 2.75) is 32.1 Å². The predicted octanol–water partition coefficient (Wildman–Crippen LogP) is 2.83. The molecule has 30 heavy (non-hydrogen) atoms. The molecule has 1 fully saturated rings. The number of ether oxygens (including phenoxy) is 2. The fourth-order valence-electron chi connectivity index (χ4n) is 4.22. The molecule has 1 aliphatic heterocycles. The van der Waals surface area contributed by atoms with Gasteiger partial charge in [-0.05, 0) is 43.9 Å². The molecule has 158 valence electrons. The number of nitrogens with zero attached hydrogens (tertiary/aromatic N) is 3. The van der Waals surface area contributed by atoms with Gasteiger partial charge in [0.15, 0.2) is 12.3 Å². The Morgan fingerprint density at radius 2 is 1.97 bits per heavy atom. The number of aromatic nitrogens is 3. The quantitative estimate of drug-likeness (QED) is 0.679. The van der Waals surface area contributed by atoms with Crippen LogP contribution in [0.25, 0.3) is 11.0 Å². The van der Waals surface area contributed by atoms with E-state index in [9.17, 15) is 4.79 Å². The normalized spacial score (nSPS) is 15.8. The SMILES string of the molecule is Cc1cc(C)c2c(OCC(=O)NCC3(c4ccccc4)CCOCC3)nn(C)c2n1. The van der Waals surface area contributed by atoms with Crippen molar-refractivity contribution >= 4 is 16.9 Å². The third-order valence-electron chi connectivity index (χ3n) is 5.89. The highest BCUT2D eigenvalue weighted by Gasteiger charge is 2.34. The number of hydrogen-bond donors (Lipinski definition) is 1. The van der Waals surface area contributed by atoms with Gasteiger partial charge >= 0.3 is 0 Å². The maximum atomic E-state index is 12.6. The second-order valence-corrected chi connectivity index (χ2v) is 8.03. The van der Waals surface area contributed by atoms with E-state index >= 15 is 0 Å². The van der Waals surface area contributed by atoms with Gasteiger partial charge in [0.05, 0.1) is 5.39 Å². The van der Waals surface area contributed by atoms with Crippen molar-refractivity contribution in [2.24, 2.45) is 7.05 Å². The lowest BCUT2D eigenvalue weighted by Crippen LogP contribution is -2.45. The van der Waals surface area contributed by atoms with Crippen LogP contribution in [0.4, 0.5) is 0 Å². The van der Waals surface area contributed by atoms with Gasteiger partial charge in [0.1, 0.15) is 0 Å². The second-order valence-electron chi connectivity index (χ2n) is 8.03. The van der Waals surface area contributed by atoms with Gasteiger partial charge in [-0.15, -0.1) is 5.10 Å². The minimum Gasteiger partial charge on any atom is -0.466 e. The molecular weight excluding hydrogens is 380 g/mol. The van der Waals surface area contributed by atoms with Crippen LogP contribution in [0, 0.1) is 13.8 Å². The highest BCUT2D eigenvalue weighted by atomic mass is 16.5. The van der Waals surface area contributed by atoms with E-state index in [0.717, 1.165) is 35.1 Å². The molecule has 7 nitrogen and oxygen atoms in total. The third kappa shape index (κ3) is 4.03. The first-order valence-electron chi connectivity index (χ1n) is 10.3. The Balaban J connectivity index is 1.43. The van der Waals surface area contributed by atoms with Crippen LogP contribution >= 0.6 is 0 Å². The van der Waals surface area contributed by atoms with Crippen LogP contribution in [-0.2, 0) is 22.0 Å². The zero-order valence-electron chi connectivity index (χ0n) is 17.8. The molecule has 1 aromatic carbocycles. The number of carbonyl (C=O) groups is 1. The van der Waals surface area contributed by atoms with Gasteiger partial charge in [-0.3, -0.25) is 4.79 Å². The molecule has 0 bridgehead atoms. The number of pyridine rings is 1. The second kappa shape index (κ2) is 8.44. The number of aryl methyl sites for hydroxylation is 3. The summed E-state index contributed by atoms with van der Waals surface area (Å²) >= 11 is 0. The lowest BCUT2D eigenvalue weighted by Gasteiger charge is -2.38. The Hall–Kier alpha value is -2.93. The number of rotatable bonds is 6. The molecule has 1 N–H and O–H groups in total. The molecule has 0 spiro atoms. The standard InChI is InChI=1S/C23H28N4O3/c1-16-13-17(2)25-21-20(16)22(26-27(21)3)30-14-19(28)24-15-23(9-11-29-12-10-23)18-7-5-4-6-8-18/h4-8,13H,9-12,14-15H2,1-3H3,(H,24,28). The molecule has 0 unspecified atom stereocenters. The summed E-state index contributed by atoms with van der Waals surface area (Å²) < 4.78 is 13.0. The van der Waals surface area contributed by atoms with E-state index in [2.05, 4.69) is 27.5 Å². The minimum atomic E-state index is -0.159. The van der Waals surface area contributed by atoms with Gasteiger partial charge in [0.2, 0.25) is 5.88 Å². The largest absolute Gasteiger partial charge is 0.466 e. The summed E-state index contributed by atoms with van der Waals surface area (Å²) in [5.41, 5.74) is 3.85. The zero-order valence-corrected chi connectivity index (χ0v) is 17.8. The first kappa shape index (κ1) is 20.3. The number of benzene rings is 1. The molecule has 0 aliphatic carbocycles. The molecule has 0 saturated carbocycles. The molecule has 3 aromatic rings. The average molecular weight is 409 g/mol. The van der Waals surface area contributed by atoms with Crippen molar-refractivity contribution in [3.63, 3.8) is 0 Å². The van der Waals surface area contributed by atoms with Gasteiger partial charge in [-0.25, -0.2) is 9.67 Å². The molecule has 7 heteroatoms. The number of fused-ring (bicyclic) bond motifs is 1. The van der Waals surface area contributed by atoms with Crippen molar-refractivity contribution in [3.05, 3.63) is 53.2 Å². The third-order valence-corrected chi connectivity index (χ3v) is 5.89. The van der Waals surface area contributed by atoms with Crippen LogP contribution in [-0.4, -0.2) is 47.0 Å². The molecule has 2 aromatic heterocycles. The van der Waals surface area contributed by atoms with Crippen molar-refractivity contribution in [1.82, 2.24) is 20.1 Å². The van der Waals surface area contributed by atoms with Crippen LogP contribution in [0.5, 0.6) is 5.88 Å². The van der Waals surface area contributed by atoms with Crippen molar-refractivity contribution in [3.8, 4) is 5.88 Å². The van der Waals surface area contributed by atoms with Gasteiger partial charge in [-0.1, -0.05) is 30.3 Å². The number of hydrogen-bond acceptors (Lipinski definition) is 5. The van der Waals surface area contributed by atoms with Gasteiger partial charge in [0.25, 0.3) is 5.91 Å². The van der Waals surface area contributed by atoms with Crippen molar-refractivity contribution in [1.29, 1.82) is 0 Å². The molecule has 0 radical (unpaired) electrons. The summed E-state index contributed by atoms with van der Waals surface area (Å²) in [6.07, 6.45) is 1.76. The Kier molecular flexibility index (Phi) is 5.72. The Morgan fingerprint density at radius 3 is 2.70 bits per heavy atom. The lowest BCUT2D eigenvalue weighted by atomic mass is 9.74. The summed E-state index contributed by atoms with van der Waals surface area (Å²) in [5, 5.41) is 8.33. The zero-order chi connectivity index (χ0) is 21.1.